The molecule has 1 N–H and O–H groups in total. The Bertz CT molecular complexity index is 854. The molecule has 2 atom stereocenters. The monoisotopic (exact) mass is 430 g/mol. The number of alkyl halides is 1. The van der Waals surface area contributed by atoms with E-state index in [1.54, 1.807) is 20.8 Å². The van der Waals surface area contributed by atoms with E-state index in [4.69, 9.17) is 4.74 Å². The van der Waals surface area contributed by atoms with Gasteiger partial charge in [0.05, 0.1) is 24.0 Å². The zero-order chi connectivity index (χ0) is 22.8. The van der Waals surface area contributed by atoms with Gasteiger partial charge in [-0.2, -0.15) is 0 Å². The maximum atomic E-state index is 14.8. The highest BCUT2D eigenvalue weighted by Gasteiger charge is 2.37. The third-order valence-electron chi connectivity index (χ3n) is 4.53. The van der Waals surface area contributed by atoms with Crippen molar-refractivity contribution < 1.29 is 37.0 Å². The second kappa shape index (κ2) is 8.93. The van der Waals surface area contributed by atoms with Crippen molar-refractivity contribution in [2.75, 3.05) is 24.7 Å². The predicted octanol–water partition coefficient (Wildman–Crippen LogP) is 3.28. The van der Waals surface area contributed by atoms with Crippen molar-refractivity contribution in [1.29, 1.82) is 0 Å². The molecule has 0 aliphatic carbocycles. The standard InChI is InChI=1S/C20H25F3N2O5/c1-10-16(23)13(18(27)29-11(2)26)6-14(22)17(10)25-8-12(7-21)15(9-25)24-19(28)30-20(3,4)5/h6,12,15H,7-9H2,1-5H3,(H,24,28)/t12-,15+/m0/s1. The number of hydrogen-bond acceptors (Lipinski definition) is 6. The highest BCUT2D eigenvalue weighted by molar-refractivity contribution is 5.97. The molecule has 7 nitrogen and oxygen atoms in total. The first-order valence-electron chi connectivity index (χ1n) is 9.35. The zero-order valence-electron chi connectivity index (χ0n) is 17.5. The normalized spacial score (nSPS) is 18.9. The van der Waals surface area contributed by atoms with Crippen LogP contribution in [0.5, 0.6) is 0 Å². The van der Waals surface area contributed by atoms with Crippen LogP contribution in [0, 0.1) is 24.5 Å². The highest BCUT2D eigenvalue weighted by Crippen LogP contribution is 2.33. The Morgan fingerprint density at radius 2 is 1.87 bits per heavy atom. The number of esters is 2. The average molecular weight is 430 g/mol. The van der Waals surface area contributed by atoms with Gasteiger partial charge in [-0.05, 0) is 33.8 Å². The molecule has 30 heavy (non-hydrogen) atoms. The number of anilines is 1. The zero-order valence-corrected chi connectivity index (χ0v) is 17.5. The summed E-state index contributed by atoms with van der Waals surface area (Å²) < 4.78 is 52.5. The molecule has 1 fully saturated rings. The summed E-state index contributed by atoms with van der Waals surface area (Å²) >= 11 is 0. The molecule has 166 valence electrons. The maximum Gasteiger partial charge on any atom is 0.407 e. The third kappa shape index (κ3) is 5.43. The van der Waals surface area contributed by atoms with E-state index in [0.717, 1.165) is 6.92 Å². The minimum Gasteiger partial charge on any atom is -0.444 e. The molecular formula is C20H25F3N2O5. The first-order chi connectivity index (χ1) is 13.8. The van der Waals surface area contributed by atoms with Crippen LogP contribution in [0.25, 0.3) is 0 Å². The van der Waals surface area contributed by atoms with E-state index < -0.39 is 59.5 Å². The Labute approximate surface area is 172 Å². The topological polar surface area (TPSA) is 84.9 Å². The van der Waals surface area contributed by atoms with Gasteiger partial charge in [-0.3, -0.25) is 9.18 Å². The lowest BCUT2D eigenvalue weighted by molar-refractivity contribution is -0.135. The van der Waals surface area contributed by atoms with Crippen molar-refractivity contribution >= 4 is 23.7 Å². The summed E-state index contributed by atoms with van der Waals surface area (Å²) in [4.78, 5) is 36.2. The van der Waals surface area contributed by atoms with Crippen molar-refractivity contribution in [3.63, 3.8) is 0 Å². The van der Waals surface area contributed by atoms with Crippen LogP contribution in [-0.4, -0.2) is 49.4 Å². The first kappa shape index (κ1) is 23.5. The molecule has 1 aromatic carbocycles. The van der Waals surface area contributed by atoms with Crippen LogP contribution in [-0.2, 0) is 14.3 Å². The minimum absolute atomic E-state index is 0.0161. The summed E-state index contributed by atoms with van der Waals surface area (Å²) in [5.41, 5.74) is -1.81. The SMILES string of the molecule is CC(=O)OC(=O)c1cc(F)c(N2C[C@H](CF)[C@H](NC(=O)OC(C)(C)C)C2)c(C)c1F. The van der Waals surface area contributed by atoms with E-state index in [9.17, 15) is 27.6 Å². The summed E-state index contributed by atoms with van der Waals surface area (Å²) in [5.74, 6) is -4.90. The second-order valence-electron chi connectivity index (χ2n) is 8.15. The number of alkyl carbamates (subject to hydrolysis) is 1. The number of carbonyl (C=O) groups excluding carboxylic acids is 3. The molecular weight excluding hydrogens is 405 g/mol. The number of benzene rings is 1. The molecule has 0 saturated carbocycles. The van der Waals surface area contributed by atoms with Crippen molar-refractivity contribution in [2.24, 2.45) is 5.92 Å². The first-order valence-corrected chi connectivity index (χ1v) is 9.35. The van der Waals surface area contributed by atoms with E-state index in [1.807, 2.05) is 0 Å². The molecule has 0 aromatic heterocycles. The lowest BCUT2D eigenvalue weighted by Gasteiger charge is -2.24. The van der Waals surface area contributed by atoms with Crippen LogP contribution in [0.1, 0.15) is 43.6 Å². The van der Waals surface area contributed by atoms with Gasteiger partial charge in [0.15, 0.2) is 0 Å². The molecule has 1 amide bonds. The van der Waals surface area contributed by atoms with Crippen LogP contribution in [0.3, 0.4) is 0 Å². The molecule has 1 aliphatic heterocycles. The number of hydrogen-bond donors (Lipinski definition) is 1. The Balaban J connectivity index is 2.27. The van der Waals surface area contributed by atoms with Gasteiger partial charge in [-0.25, -0.2) is 18.4 Å². The Kier molecular flexibility index (Phi) is 6.99. The summed E-state index contributed by atoms with van der Waals surface area (Å²) in [5, 5.41) is 2.57. The number of ether oxygens (including phenoxy) is 2. The number of nitrogens with one attached hydrogen (secondary N) is 1. The van der Waals surface area contributed by atoms with E-state index in [2.05, 4.69) is 10.1 Å². The van der Waals surface area contributed by atoms with E-state index in [-0.39, 0.29) is 24.3 Å². The van der Waals surface area contributed by atoms with Crippen molar-refractivity contribution in [2.45, 2.75) is 46.3 Å². The van der Waals surface area contributed by atoms with Crippen LogP contribution >= 0.6 is 0 Å². The Morgan fingerprint density at radius 3 is 2.40 bits per heavy atom. The lowest BCUT2D eigenvalue weighted by Crippen LogP contribution is -2.43. The molecule has 1 aromatic rings. The van der Waals surface area contributed by atoms with Gasteiger partial charge in [0.2, 0.25) is 0 Å². The number of rotatable bonds is 4. The number of halogens is 3. The van der Waals surface area contributed by atoms with Gasteiger partial charge in [-0.1, -0.05) is 0 Å². The molecule has 0 unspecified atom stereocenters. The van der Waals surface area contributed by atoms with Crippen molar-refractivity contribution in [3.05, 3.63) is 28.8 Å². The van der Waals surface area contributed by atoms with E-state index in [0.29, 0.717) is 6.07 Å². The summed E-state index contributed by atoms with van der Waals surface area (Å²) in [7, 11) is 0. The molecule has 0 bridgehead atoms. The fraction of sp³-hybridized carbons (Fsp3) is 0.550. The molecule has 0 spiro atoms. The van der Waals surface area contributed by atoms with Gasteiger partial charge in [0, 0.05) is 31.5 Å². The summed E-state index contributed by atoms with van der Waals surface area (Å²) in [6.45, 7) is 6.52. The lowest BCUT2D eigenvalue weighted by atomic mass is 10.1. The van der Waals surface area contributed by atoms with Crippen LogP contribution in [0.4, 0.5) is 23.7 Å². The Hall–Kier alpha value is -2.78. The average Bonchev–Trinajstić information content (AvgIpc) is 2.98. The molecule has 1 saturated heterocycles. The van der Waals surface area contributed by atoms with Gasteiger partial charge in [0.25, 0.3) is 0 Å². The van der Waals surface area contributed by atoms with Gasteiger partial charge in [-0.15, -0.1) is 0 Å². The molecule has 0 radical (unpaired) electrons. The fourth-order valence-corrected chi connectivity index (χ4v) is 3.30. The van der Waals surface area contributed by atoms with Crippen LogP contribution in [0.2, 0.25) is 0 Å². The van der Waals surface area contributed by atoms with Crippen LogP contribution < -0.4 is 10.2 Å². The third-order valence-corrected chi connectivity index (χ3v) is 4.53. The van der Waals surface area contributed by atoms with Crippen LogP contribution in [0.15, 0.2) is 6.07 Å². The van der Waals surface area contributed by atoms with Gasteiger partial charge >= 0.3 is 18.0 Å². The van der Waals surface area contributed by atoms with Crippen molar-refractivity contribution in [1.82, 2.24) is 5.32 Å². The molecule has 10 heteroatoms. The Morgan fingerprint density at radius 1 is 1.23 bits per heavy atom. The quantitative estimate of drug-likeness (QED) is 0.583. The van der Waals surface area contributed by atoms with Gasteiger partial charge < -0.3 is 19.7 Å². The second-order valence-corrected chi connectivity index (χ2v) is 8.15. The van der Waals surface area contributed by atoms with E-state index >= 15 is 0 Å². The van der Waals surface area contributed by atoms with E-state index in [1.165, 1.54) is 11.8 Å². The molecule has 2 rings (SSSR count). The smallest absolute Gasteiger partial charge is 0.407 e. The molecule has 1 heterocycles. The van der Waals surface area contributed by atoms with Gasteiger partial charge in [0.1, 0.15) is 17.2 Å². The summed E-state index contributed by atoms with van der Waals surface area (Å²) in [6.07, 6.45) is -0.737. The largest absolute Gasteiger partial charge is 0.444 e. The maximum absolute atomic E-state index is 14.8. The highest BCUT2D eigenvalue weighted by atomic mass is 19.1. The predicted molar refractivity (Wildman–Crippen MR) is 102 cm³/mol. The minimum atomic E-state index is -1.30. The summed E-state index contributed by atoms with van der Waals surface area (Å²) in [6, 6.07) is -0.0452. The number of amides is 1. The number of nitrogens with zero attached hydrogens (tertiary/aromatic N) is 1. The van der Waals surface area contributed by atoms with Crippen molar-refractivity contribution in [3.8, 4) is 0 Å². The number of carbonyl (C=O) groups is 3. The molecule has 1 aliphatic rings. The fourth-order valence-electron chi connectivity index (χ4n) is 3.30.